The predicted octanol–water partition coefficient (Wildman–Crippen LogP) is 3.97. The third-order valence-electron chi connectivity index (χ3n) is 5.96. The lowest BCUT2D eigenvalue weighted by Gasteiger charge is -2.37. The second kappa shape index (κ2) is 10.5. The van der Waals surface area contributed by atoms with Crippen LogP contribution in [0.1, 0.15) is 51.8 Å². The summed E-state index contributed by atoms with van der Waals surface area (Å²) in [7, 11) is -3.73. The average Bonchev–Trinajstić information content (AvgIpc) is 2.87. The van der Waals surface area contributed by atoms with E-state index in [0.717, 1.165) is 11.1 Å². The molecule has 1 heterocycles. The quantitative estimate of drug-likeness (QED) is 0.504. The van der Waals surface area contributed by atoms with Crippen molar-refractivity contribution in [3.05, 3.63) is 101 Å². The van der Waals surface area contributed by atoms with Crippen molar-refractivity contribution in [1.82, 2.24) is 9.62 Å². The number of rotatable bonds is 7. The first-order valence-corrected chi connectivity index (χ1v) is 12.9. The van der Waals surface area contributed by atoms with Gasteiger partial charge in [0.25, 0.3) is 5.91 Å². The Kier molecular flexibility index (Phi) is 7.45. The highest BCUT2D eigenvalue weighted by atomic mass is 32.2. The molecule has 8 heteroatoms. The van der Waals surface area contributed by atoms with Crippen LogP contribution < -0.4 is 4.72 Å². The van der Waals surface area contributed by atoms with Crippen molar-refractivity contribution in [1.29, 1.82) is 0 Å². The van der Waals surface area contributed by atoms with Gasteiger partial charge in [-0.25, -0.2) is 13.1 Å². The van der Waals surface area contributed by atoms with E-state index in [4.69, 9.17) is 4.74 Å². The van der Waals surface area contributed by atoms with Gasteiger partial charge < -0.3 is 9.64 Å². The minimum atomic E-state index is -3.73. The molecular weight excluding hydrogens is 464 g/mol. The van der Waals surface area contributed by atoms with E-state index in [9.17, 15) is 18.0 Å². The first kappa shape index (κ1) is 24.8. The van der Waals surface area contributed by atoms with E-state index in [2.05, 4.69) is 4.72 Å². The minimum absolute atomic E-state index is 0.0793. The molecule has 1 N–H and O–H groups in total. The minimum Gasteiger partial charge on any atom is -0.367 e. The first-order chi connectivity index (χ1) is 16.7. The van der Waals surface area contributed by atoms with Crippen LogP contribution in [-0.4, -0.2) is 44.2 Å². The molecule has 1 fully saturated rings. The zero-order valence-electron chi connectivity index (χ0n) is 19.7. The summed E-state index contributed by atoms with van der Waals surface area (Å²) in [4.78, 5) is 26.4. The summed E-state index contributed by atoms with van der Waals surface area (Å²) in [6.45, 7) is 4.44. The van der Waals surface area contributed by atoms with Gasteiger partial charge in [0.1, 0.15) is 6.10 Å². The van der Waals surface area contributed by atoms with Crippen LogP contribution in [0.25, 0.3) is 0 Å². The van der Waals surface area contributed by atoms with Crippen molar-refractivity contribution < 1.29 is 22.7 Å². The maximum absolute atomic E-state index is 13.1. The predicted molar refractivity (Wildman–Crippen MR) is 133 cm³/mol. The van der Waals surface area contributed by atoms with Gasteiger partial charge in [0.05, 0.1) is 17.5 Å². The number of hydrogen-bond acceptors (Lipinski definition) is 5. The molecule has 1 amide bonds. The molecule has 0 saturated carbocycles. The van der Waals surface area contributed by atoms with Gasteiger partial charge in [0, 0.05) is 24.2 Å². The molecule has 2 atom stereocenters. The molecule has 0 radical (unpaired) electrons. The van der Waals surface area contributed by atoms with Crippen LogP contribution in [0.5, 0.6) is 0 Å². The molecule has 182 valence electrons. The molecule has 1 aliphatic heterocycles. The molecule has 4 rings (SSSR count). The van der Waals surface area contributed by atoms with Gasteiger partial charge in [-0.2, -0.15) is 0 Å². The second-order valence-corrected chi connectivity index (χ2v) is 10.4. The Labute approximate surface area is 205 Å². The number of carbonyl (C=O) groups is 2. The number of Topliss-reactive ketones (excluding diaryl/α,β-unsaturated/α-hetero) is 1. The highest BCUT2D eigenvalue weighted by Gasteiger charge is 2.29. The topological polar surface area (TPSA) is 92.8 Å². The first-order valence-electron chi connectivity index (χ1n) is 11.4. The Balaban J connectivity index is 1.39. The van der Waals surface area contributed by atoms with E-state index in [1.165, 1.54) is 31.2 Å². The lowest BCUT2D eigenvalue weighted by molar-refractivity contribution is -0.0691. The molecule has 3 aromatic carbocycles. The summed E-state index contributed by atoms with van der Waals surface area (Å²) in [5.41, 5.74) is 2.75. The molecule has 0 aromatic heterocycles. The van der Waals surface area contributed by atoms with Gasteiger partial charge in [-0.3, -0.25) is 9.59 Å². The second-order valence-electron chi connectivity index (χ2n) is 8.66. The number of carbonyl (C=O) groups excluding carboxylic acids is 2. The number of ketones is 1. The average molecular weight is 493 g/mol. The Morgan fingerprint density at radius 3 is 2.17 bits per heavy atom. The van der Waals surface area contributed by atoms with Crippen molar-refractivity contribution in [2.24, 2.45) is 0 Å². The molecule has 1 aliphatic rings. The van der Waals surface area contributed by atoms with Gasteiger partial charge in [0.2, 0.25) is 10.0 Å². The van der Waals surface area contributed by atoms with Gasteiger partial charge >= 0.3 is 0 Å². The number of benzene rings is 3. The molecule has 3 aromatic rings. The highest BCUT2D eigenvalue weighted by molar-refractivity contribution is 7.89. The summed E-state index contributed by atoms with van der Waals surface area (Å²) in [5.74, 6) is -0.211. The standard InChI is InChI=1S/C27H28N2O5S/c1-19-17-29(18-26(34-19)23-6-4-3-5-7-23)27(31)24-10-8-21(9-11-24)16-28-35(32,33)25-14-12-22(13-15-25)20(2)30/h3-15,19,26,28H,16-18H2,1-2H3. The Morgan fingerprint density at radius 2 is 1.54 bits per heavy atom. The van der Waals surface area contributed by atoms with Crippen LogP contribution in [0.15, 0.2) is 83.8 Å². The molecule has 0 bridgehead atoms. The monoisotopic (exact) mass is 492 g/mol. The highest BCUT2D eigenvalue weighted by Crippen LogP contribution is 2.26. The molecule has 2 unspecified atom stereocenters. The number of sulfonamides is 1. The number of nitrogens with zero attached hydrogens (tertiary/aromatic N) is 1. The molecule has 0 aliphatic carbocycles. The maximum Gasteiger partial charge on any atom is 0.254 e. The van der Waals surface area contributed by atoms with Crippen LogP contribution >= 0.6 is 0 Å². The smallest absolute Gasteiger partial charge is 0.254 e. The fourth-order valence-corrected chi connectivity index (χ4v) is 5.06. The van der Waals surface area contributed by atoms with Crippen LogP contribution in [0.3, 0.4) is 0 Å². The molecular formula is C27H28N2O5S. The van der Waals surface area contributed by atoms with Crippen molar-refractivity contribution >= 4 is 21.7 Å². The number of morpholine rings is 1. The van der Waals surface area contributed by atoms with Crippen LogP contribution in [0.2, 0.25) is 0 Å². The summed E-state index contributed by atoms with van der Waals surface area (Å²) in [6, 6.07) is 22.6. The van der Waals surface area contributed by atoms with Crippen LogP contribution in [-0.2, 0) is 21.3 Å². The van der Waals surface area contributed by atoms with E-state index < -0.39 is 10.0 Å². The number of nitrogens with one attached hydrogen (secondary N) is 1. The molecule has 7 nitrogen and oxygen atoms in total. The summed E-state index contributed by atoms with van der Waals surface area (Å²) < 4.78 is 33.8. The van der Waals surface area contributed by atoms with Crippen molar-refractivity contribution in [2.45, 2.75) is 37.5 Å². The molecule has 1 saturated heterocycles. The molecule has 0 spiro atoms. The van der Waals surface area contributed by atoms with Crippen molar-refractivity contribution in [3.8, 4) is 0 Å². The lowest BCUT2D eigenvalue weighted by atomic mass is 10.1. The number of amides is 1. The third-order valence-corrected chi connectivity index (χ3v) is 7.37. The van der Waals surface area contributed by atoms with Gasteiger partial charge in [-0.15, -0.1) is 0 Å². The third kappa shape index (κ3) is 6.03. The van der Waals surface area contributed by atoms with Crippen molar-refractivity contribution in [3.63, 3.8) is 0 Å². The maximum atomic E-state index is 13.1. The summed E-state index contributed by atoms with van der Waals surface area (Å²) in [5, 5.41) is 0. The summed E-state index contributed by atoms with van der Waals surface area (Å²) >= 11 is 0. The zero-order valence-corrected chi connectivity index (χ0v) is 20.5. The fourth-order valence-electron chi connectivity index (χ4n) is 4.05. The van der Waals surface area contributed by atoms with Gasteiger partial charge in [-0.1, -0.05) is 54.6 Å². The number of ether oxygens (including phenoxy) is 1. The largest absolute Gasteiger partial charge is 0.367 e. The zero-order chi connectivity index (χ0) is 25.0. The SMILES string of the molecule is CC(=O)c1ccc(S(=O)(=O)NCc2ccc(C(=O)N3CC(C)OC(c4ccccc4)C3)cc2)cc1. The van der Waals surface area contributed by atoms with E-state index in [-0.39, 0.29) is 35.3 Å². The molecule has 35 heavy (non-hydrogen) atoms. The Bertz CT molecular complexity index is 1290. The number of hydrogen-bond donors (Lipinski definition) is 1. The lowest BCUT2D eigenvalue weighted by Crippen LogP contribution is -2.45. The Morgan fingerprint density at radius 1 is 0.914 bits per heavy atom. The van der Waals surface area contributed by atoms with E-state index in [1.54, 1.807) is 29.2 Å². The Hall–Kier alpha value is -3.33. The van der Waals surface area contributed by atoms with Crippen molar-refractivity contribution in [2.75, 3.05) is 13.1 Å². The van der Waals surface area contributed by atoms with Gasteiger partial charge in [0.15, 0.2) is 5.78 Å². The normalized spacial score (nSPS) is 18.3. The summed E-state index contributed by atoms with van der Waals surface area (Å²) in [6.07, 6.45) is -0.266. The van der Waals surface area contributed by atoms with Gasteiger partial charge in [-0.05, 0) is 49.2 Å². The van der Waals surface area contributed by atoms with E-state index >= 15 is 0 Å². The fraction of sp³-hybridized carbons (Fsp3) is 0.259. The van der Waals surface area contributed by atoms with E-state index in [1.807, 2.05) is 37.3 Å². The van der Waals surface area contributed by atoms with Crippen LogP contribution in [0.4, 0.5) is 0 Å². The van der Waals surface area contributed by atoms with Crippen LogP contribution in [0, 0.1) is 0 Å². The van der Waals surface area contributed by atoms with E-state index in [0.29, 0.717) is 24.2 Å².